The molecule has 1 unspecified atom stereocenters. The number of carbonyl (C=O) groups excluding carboxylic acids is 1. The molecule has 4 heteroatoms. The smallest absolute Gasteiger partial charge is 0.331 e. The number of carbonyl (C=O) groups is 1. The first-order valence-electron chi connectivity index (χ1n) is 3.67. The summed E-state index contributed by atoms with van der Waals surface area (Å²) in [7, 11) is 0. The molecular weight excluding hydrogens is 148 g/mol. The highest BCUT2D eigenvalue weighted by Gasteiger charge is 2.16. The second-order valence-electron chi connectivity index (χ2n) is 2.57. The molecule has 1 fully saturated rings. The molecule has 0 radical (unpaired) electrons. The average Bonchev–Trinajstić information content (AvgIpc) is 2.52. The average molecular weight is 160 g/mol. The van der Waals surface area contributed by atoms with E-state index in [1.807, 2.05) is 0 Å². The zero-order valence-corrected chi connectivity index (χ0v) is 6.28. The molecule has 0 aliphatic carbocycles. The molecule has 1 N–H and O–H groups in total. The fourth-order valence-corrected chi connectivity index (χ4v) is 0.971. The van der Waals surface area contributed by atoms with Crippen molar-refractivity contribution in [3.05, 3.63) is 0 Å². The van der Waals surface area contributed by atoms with Gasteiger partial charge in [0.2, 0.25) is 0 Å². The number of hydrogen-bond donors (Lipinski definition) is 1. The molecule has 1 aliphatic heterocycles. The van der Waals surface area contributed by atoms with E-state index in [1.54, 1.807) is 0 Å². The maximum absolute atomic E-state index is 10.5. The van der Waals surface area contributed by atoms with Crippen LogP contribution in [0, 0.1) is 5.92 Å². The van der Waals surface area contributed by atoms with Crippen molar-refractivity contribution >= 4 is 5.97 Å². The monoisotopic (exact) mass is 160 g/mol. The van der Waals surface area contributed by atoms with Gasteiger partial charge in [0.05, 0.1) is 13.2 Å². The molecule has 1 aliphatic rings. The third-order valence-electron chi connectivity index (χ3n) is 1.63. The molecule has 1 saturated heterocycles. The highest BCUT2D eigenvalue weighted by molar-refractivity contribution is 5.70. The summed E-state index contributed by atoms with van der Waals surface area (Å²) in [6.07, 6.45) is 0.943. The first-order valence-corrected chi connectivity index (χ1v) is 3.67. The first kappa shape index (κ1) is 8.49. The Hall–Kier alpha value is -0.610. The summed E-state index contributed by atoms with van der Waals surface area (Å²) in [6.45, 7) is 1.26. The van der Waals surface area contributed by atoms with Gasteiger partial charge in [-0.2, -0.15) is 0 Å². The fourth-order valence-electron chi connectivity index (χ4n) is 0.971. The third kappa shape index (κ3) is 2.86. The third-order valence-corrected chi connectivity index (χ3v) is 1.63. The van der Waals surface area contributed by atoms with Crippen LogP contribution >= 0.6 is 0 Å². The van der Waals surface area contributed by atoms with Crippen molar-refractivity contribution in [2.45, 2.75) is 6.42 Å². The molecule has 0 saturated carbocycles. The van der Waals surface area contributed by atoms with Crippen LogP contribution in [0.4, 0.5) is 0 Å². The fraction of sp³-hybridized carbons (Fsp3) is 0.857. The second-order valence-corrected chi connectivity index (χ2v) is 2.57. The number of aliphatic hydroxyl groups is 1. The molecule has 1 heterocycles. The maximum Gasteiger partial charge on any atom is 0.331 e. The zero-order valence-electron chi connectivity index (χ0n) is 6.28. The molecular formula is C7H12O4. The Bertz CT molecular complexity index is 128. The van der Waals surface area contributed by atoms with E-state index in [0.717, 1.165) is 13.0 Å². The van der Waals surface area contributed by atoms with E-state index >= 15 is 0 Å². The Kier molecular flexibility index (Phi) is 3.32. The molecule has 0 amide bonds. The van der Waals surface area contributed by atoms with Crippen molar-refractivity contribution in [3.63, 3.8) is 0 Å². The van der Waals surface area contributed by atoms with Gasteiger partial charge < -0.3 is 14.6 Å². The van der Waals surface area contributed by atoms with Gasteiger partial charge in [-0.25, -0.2) is 4.79 Å². The van der Waals surface area contributed by atoms with E-state index in [9.17, 15) is 4.79 Å². The summed E-state index contributed by atoms with van der Waals surface area (Å²) >= 11 is 0. The van der Waals surface area contributed by atoms with Gasteiger partial charge in [-0.15, -0.1) is 0 Å². The van der Waals surface area contributed by atoms with Gasteiger partial charge in [0, 0.05) is 12.5 Å². The van der Waals surface area contributed by atoms with E-state index in [1.165, 1.54) is 0 Å². The minimum atomic E-state index is -0.558. The Labute approximate surface area is 65.1 Å². The highest BCUT2D eigenvalue weighted by atomic mass is 16.5. The van der Waals surface area contributed by atoms with E-state index in [0.29, 0.717) is 19.1 Å². The van der Waals surface area contributed by atoms with Crippen molar-refractivity contribution in [1.29, 1.82) is 0 Å². The van der Waals surface area contributed by atoms with Crippen LogP contribution in [-0.4, -0.2) is 37.5 Å². The standard InChI is InChI=1S/C7H12O4/c8-3-7(9)11-5-6-1-2-10-4-6/h6,8H,1-5H2. The van der Waals surface area contributed by atoms with Gasteiger partial charge >= 0.3 is 5.97 Å². The first-order chi connectivity index (χ1) is 5.33. The summed E-state index contributed by atoms with van der Waals surface area (Å²) in [6, 6.07) is 0. The largest absolute Gasteiger partial charge is 0.464 e. The van der Waals surface area contributed by atoms with Crippen molar-refractivity contribution in [2.75, 3.05) is 26.4 Å². The van der Waals surface area contributed by atoms with E-state index < -0.39 is 12.6 Å². The van der Waals surface area contributed by atoms with Gasteiger partial charge in [-0.1, -0.05) is 0 Å². The van der Waals surface area contributed by atoms with Crippen LogP contribution in [0.1, 0.15) is 6.42 Å². The number of aliphatic hydroxyl groups excluding tert-OH is 1. The van der Waals surface area contributed by atoms with Crippen LogP contribution in [0.3, 0.4) is 0 Å². The molecule has 0 aromatic carbocycles. The molecule has 0 aromatic heterocycles. The molecule has 1 rings (SSSR count). The van der Waals surface area contributed by atoms with Crippen LogP contribution in [0.5, 0.6) is 0 Å². The predicted octanol–water partition coefficient (Wildman–Crippen LogP) is -0.442. The van der Waals surface area contributed by atoms with Crippen LogP contribution < -0.4 is 0 Å². The number of ether oxygens (including phenoxy) is 2. The summed E-state index contributed by atoms with van der Waals surface area (Å²) in [5.74, 6) is -0.234. The Balaban J connectivity index is 2.06. The van der Waals surface area contributed by atoms with Gasteiger partial charge in [-0.05, 0) is 6.42 Å². The number of hydrogen-bond acceptors (Lipinski definition) is 4. The molecule has 1 atom stereocenters. The molecule has 4 nitrogen and oxygen atoms in total. The van der Waals surface area contributed by atoms with Gasteiger partial charge in [0.15, 0.2) is 0 Å². The summed E-state index contributed by atoms with van der Waals surface area (Å²) in [5.41, 5.74) is 0. The normalized spacial score (nSPS) is 23.5. The van der Waals surface area contributed by atoms with Crippen LogP contribution in [0.25, 0.3) is 0 Å². The van der Waals surface area contributed by atoms with Gasteiger partial charge in [-0.3, -0.25) is 0 Å². The summed E-state index contributed by atoms with van der Waals surface area (Å²) < 4.78 is 9.78. The molecule has 11 heavy (non-hydrogen) atoms. The summed E-state index contributed by atoms with van der Waals surface area (Å²) in [4.78, 5) is 10.5. The molecule has 0 spiro atoms. The van der Waals surface area contributed by atoms with Gasteiger partial charge in [0.1, 0.15) is 6.61 Å². The Morgan fingerprint density at radius 2 is 2.55 bits per heavy atom. The number of rotatable bonds is 3. The topological polar surface area (TPSA) is 55.8 Å². The Morgan fingerprint density at radius 3 is 3.09 bits per heavy atom. The second kappa shape index (κ2) is 4.31. The van der Waals surface area contributed by atoms with E-state index in [4.69, 9.17) is 14.6 Å². The zero-order chi connectivity index (χ0) is 8.10. The maximum atomic E-state index is 10.5. The molecule has 0 bridgehead atoms. The SMILES string of the molecule is O=C(CO)OCC1CCOC1. The lowest BCUT2D eigenvalue weighted by Gasteiger charge is -2.06. The van der Waals surface area contributed by atoms with Crippen LogP contribution in [-0.2, 0) is 14.3 Å². The van der Waals surface area contributed by atoms with Crippen molar-refractivity contribution < 1.29 is 19.4 Å². The Morgan fingerprint density at radius 1 is 1.73 bits per heavy atom. The minimum absolute atomic E-state index is 0.325. The van der Waals surface area contributed by atoms with Crippen molar-refractivity contribution in [3.8, 4) is 0 Å². The molecule has 0 aromatic rings. The van der Waals surface area contributed by atoms with E-state index in [2.05, 4.69) is 0 Å². The van der Waals surface area contributed by atoms with Crippen LogP contribution in [0.15, 0.2) is 0 Å². The number of esters is 1. The lowest BCUT2D eigenvalue weighted by atomic mass is 10.1. The predicted molar refractivity (Wildman–Crippen MR) is 37.0 cm³/mol. The molecule has 64 valence electrons. The van der Waals surface area contributed by atoms with Gasteiger partial charge in [0.25, 0.3) is 0 Å². The van der Waals surface area contributed by atoms with E-state index in [-0.39, 0.29) is 0 Å². The lowest BCUT2D eigenvalue weighted by Crippen LogP contribution is -2.16. The lowest BCUT2D eigenvalue weighted by molar-refractivity contribution is -0.148. The highest BCUT2D eigenvalue weighted by Crippen LogP contribution is 2.11. The van der Waals surface area contributed by atoms with Crippen molar-refractivity contribution in [2.24, 2.45) is 5.92 Å². The quantitative estimate of drug-likeness (QED) is 0.568. The minimum Gasteiger partial charge on any atom is -0.464 e. The van der Waals surface area contributed by atoms with Crippen LogP contribution in [0.2, 0.25) is 0 Å². The summed E-state index contributed by atoms with van der Waals surface area (Å²) in [5, 5.41) is 8.30. The van der Waals surface area contributed by atoms with Crippen molar-refractivity contribution in [1.82, 2.24) is 0 Å².